The van der Waals surface area contributed by atoms with Crippen LogP contribution in [0.3, 0.4) is 0 Å². The van der Waals surface area contributed by atoms with Crippen LogP contribution < -0.4 is 5.32 Å². The van der Waals surface area contributed by atoms with Crippen molar-refractivity contribution in [3.8, 4) is 0 Å². The molecular weight excluding hydrogens is 154 g/mol. The van der Waals surface area contributed by atoms with E-state index in [0.717, 1.165) is 6.54 Å². The predicted molar refractivity (Wildman–Crippen MR) is 50.2 cm³/mol. The average molecular weight is 173 g/mol. The molecule has 0 fully saturated rings. The molecule has 0 amide bonds. The van der Waals surface area contributed by atoms with E-state index in [2.05, 4.69) is 11.4 Å². The van der Waals surface area contributed by atoms with Crippen molar-refractivity contribution in [2.75, 3.05) is 26.9 Å². The number of ether oxygens (including phenoxy) is 1. The number of aliphatic hydroxyl groups excluding tert-OH is 1. The first kappa shape index (κ1) is 11.6. The van der Waals surface area contributed by atoms with Crippen LogP contribution in [0.1, 0.15) is 13.8 Å². The first-order valence-electron chi connectivity index (χ1n) is 4.17. The van der Waals surface area contributed by atoms with Gasteiger partial charge in [-0.05, 0) is 13.8 Å². The standard InChI is InChI=1S/C9H19NO2/c1-8(2)4-5-10-9(6-11)7-12-3/h4,9-11H,5-7H2,1-3H3. The molecule has 0 aromatic carbocycles. The summed E-state index contributed by atoms with van der Waals surface area (Å²) in [6.07, 6.45) is 2.08. The summed E-state index contributed by atoms with van der Waals surface area (Å²) in [4.78, 5) is 0. The zero-order valence-electron chi connectivity index (χ0n) is 8.13. The molecule has 0 aliphatic heterocycles. The normalized spacial score (nSPS) is 12.7. The topological polar surface area (TPSA) is 41.5 Å². The molecule has 0 aromatic rings. The molecule has 0 spiro atoms. The lowest BCUT2D eigenvalue weighted by Gasteiger charge is -2.13. The van der Waals surface area contributed by atoms with Crippen molar-refractivity contribution in [3.63, 3.8) is 0 Å². The number of hydrogen-bond donors (Lipinski definition) is 2. The average Bonchev–Trinajstić information content (AvgIpc) is 2.02. The Bertz CT molecular complexity index is 130. The van der Waals surface area contributed by atoms with Gasteiger partial charge in [-0.2, -0.15) is 0 Å². The van der Waals surface area contributed by atoms with Crippen LogP contribution in [0, 0.1) is 0 Å². The van der Waals surface area contributed by atoms with Crippen molar-refractivity contribution >= 4 is 0 Å². The van der Waals surface area contributed by atoms with E-state index in [9.17, 15) is 0 Å². The Hall–Kier alpha value is -0.380. The summed E-state index contributed by atoms with van der Waals surface area (Å²) in [6, 6.07) is 0.0469. The molecule has 12 heavy (non-hydrogen) atoms. The monoisotopic (exact) mass is 173 g/mol. The van der Waals surface area contributed by atoms with Crippen LogP contribution in [0.15, 0.2) is 11.6 Å². The number of methoxy groups -OCH3 is 1. The van der Waals surface area contributed by atoms with Gasteiger partial charge in [-0.15, -0.1) is 0 Å². The Morgan fingerprint density at radius 3 is 2.67 bits per heavy atom. The molecule has 3 nitrogen and oxygen atoms in total. The lowest BCUT2D eigenvalue weighted by atomic mass is 10.3. The van der Waals surface area contributed by atoms with Crippen LogP contribution in [0.4, 0.5) is 0 Å². The van der Waals surface area contributed by atoms with Crippen molar-refractivity contribution in [2.24, 2.45) is 0 Å². The van der Waals surface area contributed by atoms with Crippen LogP contribution in [-0.2, 0) is 4.74 Å². The molecule has 0 aliphatic carbocycles. The fourth-order valence-electron chi connectivity index (χ4n) is 0.807. The van der Waals surface area contributed by atoms with Gasteiger partial charge in [-0.1, -0.05) is 11.6 Å². The van der Waals surface area contributed by atoms with Gasteiger partial charge >= 0.3 is 0 Å². The largest absolute Gasteiger partial charge is 0.395 e. The summed E-state index contributed by atoms with van der Waals surface area (Å²) in [6.45, 7) is 5.55. The molecule has 0 saturated heterocycles. The van der Waals surface area contributed by atoms with E-state index < -0.39 is 0 Å². The van der Waals surface area contributed by atoms with Gasteiger partial charge in [0, 0.05) is 13.7 Å². The summed E-state index contributed by atoms with van der Waals surface area (Å²) >= 11 is 0. The van der Waals surface area contributed by atoms with Crippen molar-refractivity contribution < 1.29 is 9.84 Å². The molecule has 72 valence electrons. The smallest absolute Gasteiger partial charge is 0.0638 e. The van der Waals surface area contributed by atoms with E-state index in [0.29, 0.717) is 6.61 Å². The van der Waals surface area contributed by atoms with Crippen LogP contribution in [0.25, 0.3) is 0 Å². The van der Waals surface area contributed by atoms with Crippen LogP contribution in [0.5, 0.6) is 0 Å². The molecule has 0 rings (SSSR count). The highest BCUT2D eigenvalue weighted by molar-refractivity contribution is 4.94. The fraction of sp³-hybridized carbons (Fsp3) is 0.778. The van der Waals surface area contributed by atoms with Gasteiger partial charge in [0.1, 0.15) is 0 Å². The van der Waals surface area contributed by atoms with E-state index in [4.69, 9.17) is 9.84 Å². The molecule has 3 heteroatoms. The van der Waals surface area contributed by atoms with Gasteiger partial charge in [-0.3, -0.25) is 0 Å². The lowest BCUT2D eigenvalue weighted by molar-refractivity contribution is 0.130. The van der Waals surface area contributed by atoms with Gasteiger partial charge in [-0.25, -0.2) is 0 Å². The fourth-order valence-corrected chi connectivity index (χ4v) is 0.807. The molecule has 1 unspecified atom stereocenters. The zero-order valence-corrected chi connectivity index (χ0v) is 8.13. The minimum atomic E-state index is 0.0469. The molecule has 0 heterocycles. The zero-order chi connectivity index (χ0) is 9.40. The lowest BCUT2D eigenvalue weighted by Crippen LogP contribution is -2.36. The van der Waals surface area contributed by atoms with Gasteiger partial charge in [0.15, 0.2) is 0 Å². The third kappa shape index (κ3) is 6.34. The van der Waals surface area contributed by atoms with E-state index in [1.165, 1.54) is 5.57 Å². The van der Waals surface area contributed by atoms with Crippen molar-refractivity contribution in [3.05, 3.63) is 11.6 Å². The highest BCUT2D eigenvalue weighted by Crippen LogP contribution is 1.87. The van der Waals surface area contributed by atoms with E-state index in [-0.39, 0.29) is 12.6 Å². The molecule has 0 radical (unpaired) electrons. The molecule has 2 N–H and O–H groups in total. The quantitative estimate of drug-likeness (QED) is 0.576. The molecule has 0 bridgehead atoms. The summed E-state index contributed by atoms with van der Waals surface area (Å²) in [5, 5.41) is 12.0. The maximum atomic E-state index is 8.86. The van der Waals surface area contributed by atoms with Crippen LogP contribution >= 0.6 is 0 Å². The third-order valence-corrected chi connectivity index (χ3v) is 1.51. The van der Waals surface area contributed by atoms with Crippen molar-refractivity contribution in [1.82, 2.24) is 5.32 Å². The van der Waals surface area contributed by atoms with Crippen LogP contribution in [0.2, 0.25) is 0 Å². The molecule has 1 atom stereocenters. The number of rotatable bonds is 6. The maximum Gasteiger partial charge on any atom is 0.0638 e. The Balaban J connectivity index is 3.51. The second-order valence-corrected chi connectivity index (χ2v) is 3.02. The number of aliphatic hydroxyl groups is 1. The van der Waals surface area contributed by atoms with Gasteiger partial charge in [0.25, 0.3) is 0 Å². The Kier molecular flexibility index (Phi) is 7.05. The molecule has 0 aromatic heterocycles. The molecule has 0 saturated carbocycles. The first-order chi connectivity index (χ1) is 5.70. The van der Waals surface area contributed by atoms with E-state index in [1.807, 2.05) is 13.8 Å². The Morgan fingerprint density at radius 2 is 2.25 bits per heavy atom. The van der Waals surface area contributed by atoms with Gasteiger partial charge < -0.3 is 15.2 Å². The highest BCUT2D eigenvalue weighted by atomic mass is 16.5. The minimum absolute atomic E-state index is 0.0469. The summed E-state index contributed by atoms with van der Waals surface area (Å²) in [5.74, 6) is 0. The number of allylic oxidation sites excluding steroid dienone is 1. The van der Waals surface area contributed by atoms with Gasteiger partial charge in [0.2, 0.25) is 0 Å². The minimum Gasteiger partial charge on any atom is -0.395 e. The Labute approximate surface area is 74.4 Å². The maximum absolute atomic E-state index is 8.86. The summed E-state index contributed by atoms with van der Waals surface area (Å²) in [5.41, 5.74) is 1.27. The van der Waals surface area contributed by atoms with Gasteiger partial charge in [0.05, 0.1) is 19.3 Å². The Morgan fingerprint density at radius 1 is 1.58 bits per heavy atom. The highest BCUT2D eigenvalue weighted by Gasteiger charge is 2.03. The second-order valence-electron chi connectivity index (χ2n) is 3.02. The predicted octanol–water partition coefficient (Wildman–Crippen LogP) is 0.549. The second kappa shape index (κ2) is 7.28. The van der Waals surface area contributed by atoms with Crippen molar-refractivity contribution in [2.45, 2.75) is 19.9 Å². The van der Waals surface area contributed by atoms with E-state index >= 15 is 0 Å². The third-order valence-electron chi connectivity index (χ3n) is 1.51. The molecular formula is C9H19NO2. The van der Waals surface area contributed by atoms with Crippen LogP contribution in [-0.4, -0.2) is 38.0 Å². The summed E-state index contributed by atoms with van der Waals surface area (Å²) < 4.78 is 4.91. The van der Waals surface area contributed by atoms with Crippen molar-refractivity contribution in [1.29, 1.82) is 0 Å². The van der Waals surface area contributed by atoms with E-state index in [1.54, 1.807) is 7.11 Å². The molecule has 0 aliphatic rings. The number of hydrogen-bond acceptors (Lipinski definition) is 3. The first-order valence-corrected chi connectivity index (χ1v) is 4.17. The number of nitrogens with one attached hydrogen (secondary N) is 1. The SMILES string of the molecule is COCC(CO)NCC=C(C)C. The summed E-state index contributed by atoms with van der Waals surface area (Å²) in [7, 11) is 1.63.